The van der Waals surface area contributed by atoms with E-state index in [-0.39, 0.29) is 17.3 Å². The number of hydrogen-bond donors (Lipinski definition) is 1. The van der Waals surface area contributed by atoms with Gasteiger partial charge in [0.2, 0.25) is 0 Å². The van der Waals surface area contributed by atoms with Crippen LogP contribution in [0.2, 0.25) is 0 Å². The minimum Gasteiger partial charge on any atom is -0.317 e. The van der Waals surface area contributed by atoms with Crippen LogP contribution in [-0.4, -0.2) is 38.8 Å². The van der Waals surface area contributed by atoms with Gasteiger partial charge in [-0.05, 0) is 44.7 Å². The van der Waals surface area contributed by atoms with E-state index in [0.717, 1.165) is 32.4 Å². The van der Waals surface area contributed by atoms with Crippen LogP contribution in [-0.2, 0) is 14.6 Å². The van der Waals surface area contributed by atoms with Crippen molar-refractivity contribution in [1.29, 1.82) is 0 Å². The van der Waals surface area contributed by atoms with E-state index >= 15 is 0 Å². The summed E-state index contributed by atoms with van der Waals surface area (Å²) in [5, 5.41) is 3.31. The molecule has 0 spiro atoms. The molecule has 0 saturated carbocycles. The van der Waals surface area contributed by atoms with Gasteiger partial charge in [0.15, 0.2) is 0 Å². The van der Waals surface area contributed by atoms with Crippen molar-refractivity contribution >= 4 is 15.6 Å². The van der Waals surface area contributed by atoms with E-state index < -0.39 is 9.84 Å². The maximum absolute atomic E-state index is 11.6. The van der Waals surface area contributed by atoms with Crippen molar-refractivity contribution < 1.29 is 13.2 Å². The fourth-order valence-corrected chi connectivity index (χ4v) is 3.17. The van der Waals surface area contributed by atoms with Crippen LogP contribution < -0.4 is 5.32 Å². The molecule has 0 aromatic carbocycles. The Labute approximate surface area is 110 Å². The van der Waals surface area contributed by atoms with E-state index in [0.29, 0.717) is 25.2 Å². The highest BCUT2D eigenvalue weighted by Gasteiger charge is 2.15. The third-order valence-electron chi connectivity index (χ3n) is 3.64. The van der Waals surface area contributed by atoms with Gasteiger partial charge in [0, 0.05) is 18.6 Å². The summed E-state index contributed by atoms with van der Waals surface area (Å²) in [6, 6.07) is 0. The van der Waals surface area contributed by atoms with Crippen molar-refractivity contribution in [2.75, 3.05) is 24.6 Å². The first-order valence-electron chi connectivity index (χ1n) is 6.96. The van der Waals surface area contributed by atoms with Gasteiger partial charge in [-0.15, -0.1) is 0 Å². The van der Waals surface area contributed by atoms with Crippen LogP contribution >= 0.6 is 0 Å². The Balaban J connectivity index is 2.10. The molecule has 18 heavy (non-hydrogen) atoms. The van der Waals surface area contributed by atoms with Crippen LogP contribution in [0, 0.1) is 5.92 Å². The highest BCUT2D eigenvalue weighted by molar-refractivity contribution is 7.91. The average Bonchev–Trinajstić information content (AvgIpc) is 2.37. The van der Waals surface area contributed by atoms with Crippen LogP contribution in [0.4, 0.5) is 0 Å². The van der Waals surface area contributed by atoms with Gasteiger partial charge in [-0.3, -0.25) is 4.79 Å². The van der Waals surface area contributed by atoms with Crippen molar-refractivity contribution in [3.8, 4) is 0 Å². The lowest BCUT2D eigenvalue weighted by Crippen LogP contribution is -2.28. The summed E-state index contributed by atoms with van der Waals surface area (Å²) in [6.45, 7) is 3.77. The molecule has 0 amide bonds. The Kier molecular flexibility index (Phi) is 6.86. The molecule has 1 fully saturated rings. The van der Waals surface area contributed by atoms with Crippen molar-refractivity contribution in [2.45, 2.75) is 45.4 Å². The van der Waals surface area contributed by atoms with E-state index in [1.165, 1.54) is 0 Å². The zero-order valence-corrected chi connectivity index (χ0v) is 12.1. The average molecular weight is 275 g/mol. The van der Waals surface area contributed by atoms with Gasteiger partial charge in [-0.1, -0.05) is 6.92 Å². The highest BCUT2D eigenvalue weighted by Crippen LogP contribution is 2.18. The summed E-state index contributed by atoms with van der Waals surface area (Å²) in [6.07, 6.45) is 4.83. The molecule has 0 aromatic rings. The van der Waals surface area contributed by atoms with Gasteiger partial charge in [-0.2, -0.15) is 0 Å². The minimum absolute atomic E-state index is 0.155. The van der Waals surface area contributed by atoms with Crippen molar-refractivity contribution in [1.82, 2.24) is 5.32 Å². The standard InChI is InChI=1S/C13H25NO3S/c1-2-18(16,17)11-3-4-13(15)6-5-12-7-9-14-10-8-12/h12,14H,2-11H2,1H3. The molecule has 1 N–H and O–H groups in total. The topological polar surface area (TPSA) is 63.2 Å². The van der Waals surface area contributed by atoms with Gasteiger partial charge in [0.25, 0.3) is 0 Å². The number of piperidine rings is 1. The number of sulfone groups is 1. The normalized spacial score (nSPS) is 17.8. The van der Waals surface area contributed by atoms with Gasteiger partial charge in [0.1, 0.15) is 15.6 Å². The highest BCUT2D eigenvalue weighted by atomic mass is 32.2. The fourth-order valence-electron chi connectivity index (χ4n) is 2.29. The lowest BCUT2D eigenvalue weighted by atomic mass is 9.92. The van der Waals surface area contributed by atoms with Gasteiger partial charge < -0.3 is 5.32 Å². The smallest absolute Gasteiger partial charge is 0.150 e. The molecule has 1 aliphatic heterocycles. The fraction of sp³-hybridized carbons (Fsp3) is 0.923. The summed E-state index contributed by atoms with van der Waals surface area (Å²) in [4.78, 5) is 11.6. The Morgan fingerprint density at radius 2 is 1.89 bits per heavy atom. The first-order valence-corrected chi connectivity index (χ1v) is 8.78. The zero-order valence-electron chi connectivity index (χ0n) is 11.3. The van der Waals surface area contributed by atoms with Crippen LogP contribution in [0.25, 0.3) is 0 Å². The summed E-state index contributed by atoms with van der Waals surface area (Å²) in [5.41, 5.74) is 0. The predicted molar refractivity (Wildman–Crippen MR) is 73.4 cm³/mol. The van der Waals surface area contributed by atoms with Crippen LogP contribution in [0.15, 0.2) is 0 Å². The Bertz CT molecular complexity index is 345. The SMILES string of the molecule is CCS(=O)(=O)CCCC(=O)CCC1CCNCC1. The third kappa shape index (κ3) is 6.50. The Hall–Kier alpha value is -0.420. The molecule has 0 aliphatic carbocycles. The quantitative estimate of drug-likeness (QED) is 0.730. The number of rotatable bonds is 8. The molecule has 0 unspecified atom stereocenters. The van der Waals surface area contributed by atoms with E-state index in [1.54, 1.807) is 6.92 Å². The first-order chi connectivity index (χ1) is 8.53. The molecule has 0 atom stereocenters. The van der Waals surface area contributed by atoms with Crippen molar-refractivity contribution in [2.24, 2.45) is 5.92 Å². The molecule has 0 bridgehead atoms. The second-order valence-corrected chi connectivity index (χ2v) is 7.58. The maximum Gasteiger partial charge on any atom is 0.150 e. The number of hydrogen-bond acceptors (Lipinski definition) is 4. The monoisotopic (exact) mass is 275 g/mol. The number of ketones is 1. The van der Waals surface area contributed by atoms with E-state index in [2.05, 4.69) is 5.32 Å². The van der Waals surface area contributed by atoms with Gasteiger partial charge >= 0.3 is 0 Å². The minimum atomic E-state index is -2.91. The molecule has 1 heterocycles. The van der Waals surface area contributed by atoms with E-state index in [1.807, 2.05) is 0 Å². The van der Waals surface area contributed by atoms with E-state index in [9.17, 15) is 13.2 Å². The lowest BCUT2D eigenvalue weighted by Gasteiger charge is -2.22. The largest absolute Gasteiger partial charge is 0.317 e. The number of carbonyl (C=O) groups is 1. The van der Waals surface area contributed by atoms with Gasteiger partial charge in [0.05, 0.1) is 5.75 Å². The molecular formula is C13H25NO3S. The summed E-state index contributed by atoms with van der Waals surface area (Å²) in [7, 11) is -2.91. The second-order valence-electron chi connectivity index (χ2n) is 5.11. The van der Waals surface area contributed by atoms with Crippen LogP contribution in [0.3, 0.4) is 0 Å². The Morgan fingerprint density at radius 3 is 2.50 bits per heavy atom. The molecule has 106 valence electrons. The summed E-state index contributed by atoms with van der Waals surface area (Å²) >= 11 is 0. The second kappa shape index (κ2) is 7.89. The molecule has 1 aliphatic rings. The van der Waals surface area contributed by atoms with Crippen molar-refractivity contribution in [3.63, 3.8) is 0 Å². The third-order valence-corrected chi connectivity index (χ3v) is 5.43. The number of carbonyl (C=O) groups excluding carboxylic acids is 1. The van der Waals surface area contributed by atoms with Crippen LogP contribution in [0.5, 0.6) is 0 Å². The van der Waals surface area contributed by atoms with Gasteiger partial charge in [-0.25, -0.2) is 8.42 Å². The predicted octanol–water partition coefficient (Wildman–Crippen LogP) is 1.55. The molecule has 1 saturated heterocycles. The first kappa shape index (κ1) is 15.6. The molecule has 4 nitrogen and oxygen atoms in total. The summed E-state index contributed by atoms with van der Waals surface area (Å²) in [5.74, 6) is 1.23. The Morgan fingerprint density at radius 1 is 1.22 bits per heavy atom. The van der Waals surface area contributed by atoms with Crippen LogP contribution in [0.1, 0.15) is 45.4 Å². The molecular weight excluding hydrogens is 250 g/mol. The zero-order chi connectivity index (χ0) is 13.4. The number of Topliss-reactive ketones (excluding diaryl/α,β-unsaturated/α-hetero) is 1. The van der Waals surface area contributed by atoms with E-state index in [4.69, 9.17) is 0 Å². The molecule has 1 rings (SSSR count). The lowest BCUT2D eigenvalue weighted by molar-refractivity contribution is -0.119. The summed E-state index contributed by atoms with van der Waals surface area (Å²) < 4.78 is 22.5. The molecule has 5 heteroatoms. The maximum atomic E-state index is 11.6. The molecule has 0 aromatic heterocycles. The van der Waals surface area contributed by atoms with Crippen molar-refractivity contribution in [3.05, 3.63) is 0 Å². The molecule has 0 radical (unpaired) electrons. The number of nitrogens with one attached hydrogen (secondary N) is 1.